The summed E-state index contributed by atoms with van der Waals surface area (Å²) in [5.41, 5.74) is 1.31. The second kappa shape index (κ2) is 4.76. The van der Waals surface area contributed by atoms with Crippen LogP contribution in [0.4, 0.5) is 0 Å². The van der Waals surface area contributed by atoms with Crippen LogP contribution in [-0.2, 0) is 6.61 Å². The zero-order valence-electron chi connectivity index (χ0n) is 10.3. The number of ether oxygens (including phenoxy) is 1. The third-order valence-corrected chi connectivity index (χ3v) is 3.17. The number of imidazole rings is 1. The molecule has 0 amide bonds. The van der Waals surface area contributed by atoms with Crippen molar-refractivity contribution in [1.82, 2.24) is 9.55 Å². The molecule has 5 heteroatoms. The molecule has 1 saturated carbocycles. The highest BCUT2D eigenvalue weighted by atomic mass is 16.5. The van der Waals surface area contributed by atoms with Gasteiger partial charge in [-0.3, -0.25) is 0 Å². The van der Waals surface area contributed by atoms with Crippen molar-refractivity contribution in [2.24, 2.45) is 0 Å². The van der Waals surface area contributed by atoms with Gasteiger partial charge in [0.1, 0.15) is 12.4 Å². The lowest BCUT2D eigenvalue weighted by Gasteiger charge is -2.08. The Kier molecular flexibility index (Phi) is 2.95. The predicted octanol–water partition coefficient (Wildman–Crippen LogP) is 2.50. The topological polar surface area (TPSA) is 64.3 Å². The van der Waals surface area contributed by atoms with Gasteiger partial charge in [0.05, 0.1) is 23.8 Å². The van der Waals surface area contributed by atoms with Crippen molar-refractivity contribution in [3.8, 4) is 5.75 Å². The van der Waals surface area contributed by atoms with E-state index in [1.807, 2.05) is 12.5 Å². The van der Waals surface area contributed by atoms with Crippen LogP contribution in [0.25, 0.3) is 0 Å². The highest BCUT2D eigenvalue weighted by molar-refractivity contribution is 5.87. The number of carboxylic acids is 1. The van der Waals surface area contributed by atoms with Crippen LogP contribution in [0.1, 0.15) is 34.9 Å². The summed E-state index contributed by atoms with van der Waals surface area (Å²) < 4.78 is 7.79. The second-order valence-corrected chi connectivity index (χ2v) is 4.64. The molecule has 1 aromatic carbocycles. The molecular formula is C14H14N2O3. The van der Waals surface area contributed by atoms with Gasteiger partial charge >= 0.3 is 5.97 Å². The molecule has 3 rings (SSSR count). The Balaban J connectivity index is 1.65. The molecular weight excluding hydrogens is 244 g/mol. The Labute approximate surface area is 110 Å². The largest absolute Gasteiger partial charge is 0.487 e. The second-order valence-electron chi connectivity index (χ2n) is 4.64. The molecule has 1 heterocycles. The first-order chi connectivity index (χ1) is 9.24. The Hall–Kier alpha value is -2.30. The monoisotopic (exact) mass is 258 g/mol. The van der Waals surface area contributed by atoms with Gasteiger partial charge in [-0.05, 0) is 37.1 Å². The number of hydrogen-bond donors (Lipinski definition) is 1. The van der Waals surface area contributed by atoms with Crippen molar-refractivity contribution in [1.29, 1.82) is 0 Å². The minimum absolute atomic E-state index is 0.260. The first-order valence-electron chi connectivity index (χ1n) is 6.21. The van der Waals surface area contributed by atoms with E-state index in [4.69, 9.17) is 9.84 Å². The van der Waals surface area contributed by atoms with Gasteiger partial charge in [-0.15, -0.1) is 0 Å². The molecule has 5 nitrogen and oxygen atoms in total. The van der Waals surface area contributed by atoms with Crippen molar-refractivity contribution in [3.63, 3.8) is 0 Å². The molecule has 1 aliphatic carbocycles. The zero-order chi connectivity index (χ0) is 13.2. The standard InChI is InChI=1S/C14H14N2O3/c17-14(18)10-1-5-13(6-2-10)19-8-12-7-15-9-16(12)11-3-4-11/h1-2,5-7,9,11H,3-4,8H2,(H,17,18). The Morgan fingerprint density at radius 2 is 2.11 bits per heavy atom. The summed E-state index contributed by atoms with van der Waals surface area (Å²) in [5.74, 6) is -0.271. The van der Waals surface area contributed by atoms with Crippen LogP contribution in [-0.4, -0.2) is 20.6 Å². The molecule has 0 radical (unpaired) electrons. The van der Waals surface area contributed by atoms with E-state index in [2.05, 4.69) is 9.55 Å². The minimum Gasteiger partial charge on any atom is -0.487 e. The molecule has 1 fully saturated rings. The van der Waals surface area contributed by atoms with E-state index in [0.717, 1.165) is 5.69 Å². The van der Waals surface area contributed by atoms with Crippen molar-refractivity contribution >= 4 is 5.97 Å². The van der Waals surface area contributed by atoms with Crippen LogP contribution in [0.3, 0.4) is 0 Å². The first kappa shape index (κ1) is 11.8. The van der Waals surface area contributed by atoms with Gasteiger partial charge < -0.3 is 14.4 Å². The fraction of sp³-hybridized carbons (Fsp3) is 0.286. The van der Waals surface area contributed by atoms with Crippen molar-refractivity contribution in [3.05, 3.63) is 48.0 Å². The summed E-state index contributed by atoms with van der Waals surface area (Å²) in [6.07, 6.45) is 6.06. The molecule has 1 N–H and O–H groups in total. The van der Waals surface area contributed by atoms with E-state index in [0.29, 0.717) is 18.4 Å². The quantitative estimate of drug-likeness (QED) is 0.894. The summed E-state index contributed by atoms with van der Waals surface area (Å²) in [7, 11) is 0. The summed E-state index contributed by atoms with van der Waals surface area (Å²) in [6.45, 7) is 0.447. The fourth-order valence-corrected chi connectivity index (χ4v) is 1.98. The number of nitrogens with zero attached hydrogens (tertiary/aromatic N) is 2. The average molecular weight is 258 g/mol. The minimum atomic E-state index is -0.932. The molecule has 98 valence electrons. The number of benzene rings is 1. The molecule has 0 spiro atoms. The molecule has 19 heavy (non-hydrogen) atoms. The third-order valence-electron chi connectivity index (χ3n) is 3.17. The molecule has 1 aromatic heterocycles. The van der Waals surface area contributed by atoms with Gasteiger partial charge in [-0.1, -0.05) is 0 Å². The number of carbonyl (C=O) groups is 1. The number of aromatic nitrogens is 2. The Morgan fingerprint density at radius 3 is 2.74 bits per heavy atom. The normalized spacial score (nSPS) is 14.3. The number of carboxylic acid groups (broad SMARTS) is 1. The van der Waals surface area contributed by atoms with Gasteiger partial charge in [-0.25, -0.2) is 9.78 Å². The lowest BCUT2D eigenvalue weighted by Crippen LogP contribution is -2.04. The summed E-state index contributed by atoms with van der Waals surface area (Å²) >= 11 is 0. The predicted molar refractivity (Wildman–Crippen MR) is 68.2 cm³/mol. The van der Waals surface area contributed by atoms with Crippen LogP contribution < -0.4 is 4.74 Å². The summed E-state index contributed by atoms with van der Waals surface area (Å²) in [5, 5.41) is 8.81. The van der Waals surface area contributed by atoms with E-state index in [-0.39, 0.29) is 5.56 Å². The maximum absolute atomic E-state index is 10.7. The van der Waals surface area contributed by atoms with E-state index < -0.39 is 5.97 Å². The molecule has 0 aliphatic heterocycles. The molecule has 2 aromatic rings. The first-order valence-corrected chi connectivity index (χ1v) is 6.21. The Bertz CT molecular complexity index is 585. The van der Waals surface area contributed by atoms with Gasteiger partial charge in [-0.2, -0.15) is 0 Å². The van der Waals surface area contributed by atoms with E-state index in [1.54, 1.807) is 12.1 Å². The van der Waals surface area contributed by atoms with Gasteiger partial charge in [0.25, 0.3) is 0 Å². The highest BCUT2D eigenvalue weighted by Crippen LogP contribution is 2.35. The van der Waals surface area contributed by atoms with Crippen LogP contribution in [0.15, 0.2) is 36.8 Å². The molecule has 0 unspecified atom stereocenters. The number of rotatable bonds is 5. The molecule has 0 saturated heterocycles. The van der Waals surface area contributed by atoms with E-state index in [9.17, 15) is 4.79 Å². The number of hydrogen-bond acceptors (Lipinski definition) is 3. The molecule has 0 bridgehead atoms. The van der Waals surface area contributed by atoms with Crippen LogP contribution in [0.5, 0.6) is 5.75 Å². The highest BCUT2D eigenvalue weighted by Gasteiger charge is 2.25. The van der Waals surface area contributed by atoms with Gasteiger partial charge in [0, 0.05) is 6.04 Å². The molecule has 0 atom stereocenters. The van der Waals surface area contributed by atoms with Crippen LogP contribution in [0, 0.1) is 0 Å². The van der Waals surface area contributed by atoms with Crippen molar-refractivity contribution in [2.45, 2.75) is 25.5 Å². The Morgan fingerprint density at radius 1 is 1.37 bits per heavy atom. The smallest absolute Gasteiger partial charge is 0.335 e. The maximum atomic E-state index is 10.7. The zero-order valence-corrected chi connectivity index (χ0v) is 10.3. The summed E-state index contributed by atoms with van der Waals surface area (Å²) in [4.78, 5) is 14.9. The lowest BCUT2D eigenvalue weighted by molar-refractivity contribution is 0.0697. The van der Waals surface area contributed by atoms with Crippen molar-refractivity contribution in [2.75, 3.05) is 0 Å². The molecule has 1 aliphatic rings. The fourth-order valence-electron chi connectivity index (χ4n) is 1.98. The third kappa shape index (κ3) is 2.59. The lowest BCUT2D eigenvalue weighted by atomic mass is 10.2. The summed E-state index contributed by atoms with van der Waals surface area (Å²) in [6, 6.07) is 6.99. The van der Waals surface area contributed by atoms with E-state index >= 15 is 0 Å². The van der Waals surface area contributed by atoms with Crippen molar-refractivity contribution < 1.29 is 14.6 Å². The number of aromatic carboxylic acids is 1. The van der Waals surface area contributed by atoms with Gasteiger partial charge in [0.2, 0.25) is 0 Å². The van der Waals surface area contributed by atoms with Crippen LogP contribution >= 0.6 is 0 Å². The van der Waals surface area contributed by atoms with E-state index in [1.165, 1.54) is 25.0 Å². The maximum Gasteiger partial charge on any atom is 0.335 e. The van der Waals surface area contributed by atoms with Gasteiger partial charge in [0.15, 0.2) is 0 Å². The SMILES string of the molecule is O=C(O)c1ccc(OCc2cncn2C2CC2)cc1. The van der Waals surface area contributed by atoms with Crippen LogP contribution in [0.2, 0.25) is 0 Å². The average Bonchev–Trinajstić information content (AvgIpc) is 3.16.